The number of methoxy groups -OCH3 is 1. The normalized spacial score (nSPS) is 16.0. The molecule has 33 heavy (non-hydrogen) atoms. The summed E-state index contributed by atoms with van der Waals surface area (Å²) in [7, 11) is 1.37. The Balaban J connectivity index is 1.66. The molecule has 1 amide bonds. The van der Waals surface area contributed by atoms with Gasteiger partial charge in [0.05, 0.1) is 38.1 Å². The van der Waals surface area contributed by atoms with E-state index in [0.717, 1.165) is 16.8 Å². The van der Waals surface area contributed by atoms with Crippen molar-refractivity contribution >= 4 is 17.7 Å². The molecule has 0 radical (unpaired) electrons. The number of carbonyl (C=O) groups excluding carboxylic acids is 2. The van der Waals surface area contributed by atoms with E-state index in [4.69, 9.17) is 18.9 Å². The summed E-state index contributed by atoms with van der Waals surface area (Å²) in [5, 5.41) is 0. The van der Waals surface area contributed by atoms with Gasteiger partial charge in [-0.05, 0) is 39.0 Å². The predicted molar refractivity (Wildman–Crippen MR) is 121 cm³/mol. The summed E-state index contributed by atoms with van der Waals surface area (Å²) in [6.45, 7) is 8.44. The number of pyridine rings is 1. The molecule has 176 valence electrons. The van der Waals surface area contributed by atoms with Gasteiger partial charge in [0.15, 0.2) is 12.5 Å². The fourth-order valence-corrected chi connectivity index (χ4v) is 3.84. The number of amides is 1. The molecule has 0 bridgehead atoms. The molecule has 0 aliphatic carbocycles. The van der Waals surface area contributed by atoms with Crippen molar-refractivity contribution in [3.05, 3.63) is 41.6 Å². The third-order valence-corrected chi connectivity index (χ3v) is 5.39. The summed E-state index contributed by atoms with van der Waals surface area (Å²) in [6, 6.07) is 7.36. The predicted octanol–water partition coefficient (Wildman–Crippen LogP) is 3.46. The lowest BCUT2D eigenvalue weighted by Crippen LogP contribution is -2.40. The van der Waals surface area contributed by atoms with E-state index in [1.54, 1.807) is 12.3 Å². The number of hydrogen-bond acceptors (Lipinski definition) is 8. The topological polar surface area (TPSA) is 90.4 Å². The van der Waals surface area contributed by atoms with Gasteiger partial charge < -0.3 is 23.8 Å². The lowest BCUT2D eigenvalue weighted by atomic mass is 10.0. The maximum absolute atomic E-state index is 12.5. The molecule has 0 atom stereocenters. The van der Waals surface area contributed by atoms with Crippen LogP contribution in [-0.2, 0) is 20.8 Å². The van der Waals surface area contributed by atoms with Gasteiger partial charge in [-0.25, -0.2) is 9.59 Å². The number of fused-ring (bicyclic) bond motifs is 1. The zero-order valence-corrected chi connectivity index (χ0v) is 19.4. The summed E-state index contributed by atoms with van der Waals surface area (Å²) < 4.78 is 21.9. The minimum absolute atomic E-state index is 0.0666. The zero-order chi connectivity index (χ0) is 23.6. The summed E-state index contributed by atoms with van der Waals surface area (Å²) in [5.41, 5.74) is 2.98. The molecular formula is C24H29N3O6. The van der Waals surface area contributed by atoms with Crippen molar-refractivity contribution in [3.63, 3.8) is 0 Å². The van der Waals surface area contributed by atoms with Gasteiger partial charge in [0.1, 0.15) is 11.3 Å². The number of nitrogens with zero attached hydrogens (tertiary/aromatic N) is 3. The van der Waals surface area contributed by atoms with Crippen molar-refractivity contribution in [2.45, 2.75) is 32.9 Å². The Morgan fingerprint density at radius 3 is 2.58 bits per heavy atom. The summed E-state index contributed by atoms with van der Waals surface area (Å²) in [4.78, 5) is 33.0. The molecule has 2 aromatic rings. The van der Waals surface area contributed by atoms with Crippen LogP contribution in [0, 0.1) is 0 Å². The molecule has 0 unspecified atom stereocenters. The molecule has 1 fully saturated rings. The van der Waals surface area contributed by atoms with Gasteiger partial charge in [0, 0.05) is 30.4 Å². The molecule has 4 rings (SSSR count). The lowest BCUT2D eigenvalue weighted by Gasteiger charge is -2.32. The average Bonchev–Trinajstić information content (AvgIpc) is 2.82. The third kappa shape index (κ3) is 5.03. The van der Waals surface area contributed by atoms with Crippen LogP contribution < -0.4 is 9.64 Å². The van der Waals surface area contributed by atoms with Gasteiger partial charge in [-0.15, -0.1) is 0 Å². The highest BCUT2D eigenvalue weighted by Crippen LogP contribution is 2.37. The van der Waals surface area contributed by atoms with Crippen LogP contribution in [-0.4, -0.2) is 67.7 Å². The van der Waals surface area contributed by atoms with Gasteiger partial charge in [0.2, 0.25) is 0 Å². The van der Waals surface area contributed by atoms with Crippen molar-refractivity contribution in [2.24, 2.45) is 0 Å². The first-order valence-corrected chi connectivity index (χ1v) is 10.9. The van der Waals surface area contributed by atoms with E-state index in [-0.39, 0.29) is 6.73 Å². The smallest absolute Gasteiger partial charge is 0.413 e. The quantitative estimate of drug-likeness (QED) is 0.650. The van der Waals surface area contributed by atoms with E-state index >= 15 is 0 Å². The summed E-state index contributed by atoms with van der Waals surface area (Å²) in [5.74, 6) is 0.228. The minimum atomic E-state index is -0.585. The molecule has 0 spiro atoms. The number of rotatable bonds is 3. The Morgan fingerprint density at radius 2 is 1.88 bits per heavy atom. The van der Waals surface area contributed by atoms with E-state index < -0.39 is 17.7 Å². The Hall–Kier alpha value is -3.33. The van der Waals surface area contributed by atoms with Gasteiger partial charge >= 0.3 is 12.1 Å². The van der Waals surface area contributed by atoms with E-state index in [0.29, 0.717) is 49.9 Å². The Bertz CT molecular complexity index is 1040. The van der Waals surface area contributed by atoms with Crippen LogP contribution in [0.3, 0.4) is 0 Å². The van der Waals surface area contributed by atoms with E-state index in [1.807, 2.05) is 39.0 Å². The number of benzene rings is 1. The number of ether oxygens (including phenoxy) is 4. The highest BCUT2D eigenvalue weighted by Gasteiger charge is 2.29. The highest BCUT2D eigenvalue weighted by atomic mass is 16.6. The van der Waals surface area contributed by atoms with Gasteiger partial charge in [-0.3, -0.25) is 9.88 Å². The van der Waals surface area contributed by atoms with Crippen LogP contribution in [0.2, 0.25) is 0 Å². The van der Waals surface area contributed by atoms with Crippen LogP contribution in [0.4, 0.5) is 10.5 Å². The number of carbonyl (C=O) groups is 2. The maximum atomic E-state index is 12.5. The van der Waals surface area contributed by atoms with Crippen LogP contribution in [0.1, 0.15) is 36.7 Å². The van der Waals surface area contributed by atoms with Crippen molar-refractivity contribution < 1.29 is 28.5 Å². The van der Waals surface area contributed by atoms with Gasteiger partial charge in [-0.2, -0.15) is 0 Å². The van der Waals surface area contributed by atoms with Crippen molar-refractivity contribution in [3.8, 4) is 17.0 Å². The molecule has 2 aliphatic rings. The molecule has 3 heterocycles. The molecule has 1 aromatic carbocycles. The summed E-state index contributed by atoms with van der Waals surface area (Å²) in [6.07, 6.45) is 1.27. The van der Waals surface area contributed by atoms with E-state index in [2.05, 4.69) is 9.88 Å². The Labute approximate surface area is 193 Å². The largest absolute Gasteiger partial charge is 0.470 e. The average molecular weight is 456 g/mol. The maximum Gasteiger partial charge on any atom is 0.413 e. The fraction of sp³-hybridized carbons (Fsp3) is 0.458. The first-order valence-electron chi connectivity index (χ1n) is 10.9. The Kier molecular flexibility index (Phi) is 6.42. The first kappa shape index (κ1) is 22.8. The van der Waals surface area contributed by atoms with E-state index in [1.165, 1.54) is 12.0 Å². The van der Waals surface area contributed by atoms with E-state index in [9.17, 15) is 9.59 Å². The number of esters is 1. The molecule has 2 aliphatic heterocycles. The molecule has 9 nitrogen and oxygen atoms in total. The van der Waals surface area contributed by atoms with Gasteiger partial charge in [-0.1, -0.05) is 6.07 Å². The highest BCUT2D eigenvalue weighted by molar-refractivity contribution is 5.97. The zero-order valence-electron chi connectivity index (χ0n) is 19.4. The lowest BCUT2D eigenvalue weighted by molar-refractivity contribution is 0.00239. The second kappa shape index (κ2) is 9.27. The standard InChI is InChI=1S/C24H29N3O6/c1-24(2,3)33-23(29)27-14-17-7-8-25-20(21(17)32-15-27)16-5-6-18(22(28)30-4)19(13-16)26-9-11-31-12-10-26/h5-8,13H,9-12,14-15H2,1-4H3. The number of hydrogen-bond donors (Lipinski definition) is 0. The monoisotopic (exact) mass is 455 g/mol. The minimum Gasteiger partial charge on any atom is -0.470 e. The molecule has 9 heteroatoms. The SMILES string of the molecule is COC(=O)c1ccc(-c2nccc3c2OCN(C(=O)OC(C)(C)C)C3)cc1N1CCOCC1. The first-order chi connectivity index (χ1) is 15.8. The number of morpholine rings is 1. The third-order valence-electron chi connectivity index (χ3n) is 5.39. The second-order valence-corrected chi connectivity index (χ2v) is 8.92. The van der Waals surface area contributed by atoms with Crippen LogP contribution in [0.15, 0.2) is 30.5 Å². The molecule has 0 saturated carbocycles. The second-order valence-electron chi connectivity index (χ2n) is 8.92. The van der Waals surface area contributed by atoms with Crippen molar-refractivity contribution in [1.82, 2.24) is 9.88 Å². The molecule has 0 N–H and O–H groups in total. The molecule has 1 saturated heterocycles. The fourth-order valence-electron chi connectivity index (χ4n) is 3.84. The Morgan fingerprint density at radius 1 is 1.12 bits per heavy atom. The number of aromatic nitrogens is 1. The van der Waals surface area contributed by atoms with Gasteiger partial charge in [0.25, 0.3) is 0 Å². The molecule has 1 aromatic heterocycles. The van der Waals surface area contributed by atoms with Crippen LogP contribution in [0.25, 0.3) is 11.3 Å². The van der Waals surface area contributed by atoms with Crippen molar-refractivity contribution in [1.29, 1.82) is 0 Å². The number of anilines is 1. The summed E-state index contributed by atoms with van der Waals surface area (Å²) >= 11 is 0. The van der Waals surface area contributed by atoms with Crippen molar-refractivity contribution in [2.75, 3.05) is 45.0 Å². The van der Waals surface area contributed by atoms with Crippen LogP contribution in [0.5, 0.6) is 5.75 Å². The van der Waals surface area contributed by atoms with Crippen LogP contribution >= 0.6 is 0 Å². The molecular weight excluding hydrogens is 426 g/mol.